The molecule has 2 aromatic rings. The van der Waals surface area contributed by atoms with Gasteiger partial charge in [0.15, 0.2) is 4.90 Å². The van der Waals surface area contributed by atoms with Crippen LogP contribution in [0.3, 0.4) is 0 Å². The second-order valence-electron chi connectivity index (χ2n) is 4.61. The maximum atomic E-state index is 12.7. The summed E-state index contributed by atoms with van der Waals surface area (Å²) in [6, 6.07) is 6.66. The summed E-state index contributed by atoms with van der Waals surface area (Å²) in [5.41, 5.74) is 0.0370. The minimum atomic E-state index is -4.09. The normalized spacial score (nSPS) is 11.3. The number of hydrogen-bond acceptors (Lipinski definition) is 6. The number of nitrogens with zero attached hydrogens (tertiary/aromatic N) is 3. The Morgan fingerprint density at radius 2 is 2.13 bits per heavy atom. The summed E-state index contributed by atoms with van der Waals surface area (Å²) < 4.78 is 31.5. The number of benzene rings is 1. The highest BCUT2D eigenvalue weighted by Crippen LogP contribution is 2.28. The molecule has 0 fully saturated rings. The number of hydrogen-bond donors (Lipinski definition) is 0. The van der Waals surface area contributed by atoms with Gasteiger partial charge in [-0.15, -0.1) is 0 Å². The number of nitro groups is 1. The quantitative estimate of drug-likeness (QED) is 0.590. The summed E-state index contributed by atoms with van der Waals surface area (Å²) in [4.78, 5) is 9.92. The highest BCUT2D eigenvalue weighted by molar-refractivity contribution is 7.89. The summed E-state index contributed by atoms with van der Waals surface area (Å²) in [5.74, 6) is 0. The first-order valence-electron chi connectivity index (χ1n) is 6.60. The van der Waals surface area contributed by atoms with E-state index < -0.39 is 25.5 Å². The minimum Gasteiger partial charge on any atom is -0.472 e. The van der Waals surface area contributed by atoms with Crippen LogP contribution in [0.2, 0.25) is 0 Å². The van der Waals surface area contributed by atoms with Crippen LogP contribution >= 0.6 is 0 Å². The predicted molar refractivity (Wildman–Crippen MR) is 79.8 cm³/mol. The molecule has 0 bridgehead atoms. The smallest absolute Gasteiger partial charge is 0.290 e. The van der Waals surface area contributed by atoms with Gasteiger partial charge in [-0.05, 0) is 18.2 Å². The highest BCUT2D eigenvalue weighted by atomic mass is 32.2. The van der Waals surface area contributed by atoms with Crippen LogP contribution in [0, 0.1) is 21.4 Å². The van der Waals surface area contributed by atoms with E-state index in [0.29, 0.717) is 5.56 Å². The summed E-state index contributed by atoms with van der Waals surface area (Å²) in [6.45, 7) is 1.80. The molecular weight excluding hydrogens is 322 g/mol. The molecule has 1 aromatic heterocycles. The van der Waals surface area contributed by atoms with Gasteiger partial charge in [-0.1, -0.05) is 6.92 Å². The third kappa shape index (κ3) is 3.39. The molecule has 120 valence electrons. The van der Waals surface area contributed by atoms with Gasteiger partial charge in [0.05, 0.1) is 29.1 Å². The van der Waals surface area contributed by atoms with Crippen LogP contribution in [0.4, 0.5) is 5.69 Å². The maximum absolute atomic E-state index is 12.7. The van der Waals surface area contributed by atoms with Crippen molar-refractivity contribution in [2.75, 3.05) is 6.54 Å². The van der Waals surface area contributed by atoms with Crippen LogP contribution in [-0.2, 0) is 16.6 Å². The molecule has 0 saturated heterocycles. The van der Waals surface area contributed by atoms with Crippen LogP contribution in [0.15, 0.2) is 46.1 Å². The lowest BCUT2D eigenvalue weighted by atomic mass is 10.2. The SMILES string of the molecule is CCN(Cc1ccoc1)S(=O)(=O)c1ccc(C#N)cc1[N+](=O)[O-]. The number of nitro benzene ring substituents is 1. The molecule has 0 unspecified atom stereocenters. The average molecular weight is 335 g/mol. The molecule has 0 spiro atoms. The molecule has 1 heterocycles. The zero-order chi connectivity index (χ0) is 17.0. The van der Waals surface area contributed by atoms with E-state index in [0.717, 1.165) is 16.4 Å². The Morgan fingerprint density at radius 1 is 1.39 bits per heavy atom. The van der Waals surface area contributed by atoms with Gasteiger partial charge >= 0.3 is 0 Å². The maximum Gasteiger partial charge on any atom is 0.290 e. The molecule has 0 saturated carbocycles. The first-order valence-corrected chi connectivity index (χ1v) is 8.04. The van der Waals surface area contributed by atoms with Crippen molar-refractivity contribution in [2.24, 2.45) is 0 Å². The van der Waals surface area contributed by atoms with Crippen molar-refractivity contribution in [3.05, 3.63) is 58.0 Å². The largest absolute Gasteiger partial charge is 0.472 e. The van der Waals surface area contributed by atoms with Crippen LogP contribution in [0.5, 0.6) is 0 Å². The van der Waals surface area contributed by atoms with E-state index in [1.165, 1.54) is 18.6 Å². The molecular formula is C14H13N3O5S. The molecule has 1 aromatic carbocycles. The fraction of sp³-hybridized carbons (Fsp3) is 0.214. The molecule has 0 atom stereocenters. The van der Waals surface area contributed by atoms with Crippen molar-refractivity contribution in [3.8, 4) is 6.07 Å². The number of sulfonamides is 1. The molecule has 8 nitrogen and oxygen atoms in total. The molecule has 0 aliphatic heterocycles. The van der Waals surface area contributed by atoms with Crippen LogP contribution in [0.25, 0.3) is 0 Å². The first-order chi connectivity index (χ1) is 10.9. The second-order valence-corrected chi connectivity index (χ2v) is 6.52. The Bertz CT molecular complexity index is 853. The molecule has 23 heavy (non-hydrogen) atoms. The van der Waals surface area contributed by atoms with E-state index >= 15 is 0 Å². The number of nitriles is 1. The predicted octanol–water partition coefficient (Wildman–Crippen LogP) is 2.27. The fourth-order valence-electron chi connectivity index (χ4n) is 2.04. The van der Waals surface area contributed by atoms with E-state index in [2.05, 4.69) is 0 Å². The standard InChI is InChI=1S/C14H13N3O5S/c1-2-16(9-12-5-6-22-10-12)23(20,21)14-4-3-11(8-15)7-13(14)17(18)19/h3-7,10H,2,9H2,1H3. The van der Waals surface area contributed by atoms with E-state index in [-0.39, 0.29) is 18.7 Å². The molecule has 0 aliphatic carbocycles. The summed E-state index contributed by atoms with van der Waals surface area (Å²) in [7, 11) is -4.09. The third-order valence-corrected chi connectivity index (χ3v) is 5.16. The Labute approximate surface area is 132 Å². The van der Waals surface area contributed by atoms with E-state index in [1.807, 2.05) is 0 Å². The van der Waals surface area contributed by atoms with Crippen molar-refractivity contribution in [3.63, 3.8) is 0 Å². The van der Waals surface area contributed by atoms with E-state index in [9.17, 15) is 18.5 Å². The molecule has 0 aliphatic rings. The summed E-state index contributed by atoms with van der Waals surface area (Å²) in [6.07, 6.45) is 2.82. The molecule has 2 rings (SSSR count). The third-order valence-electron chi connectivity index (χ3n) is 3.19. The zero-order valence-electron chi connectivity index (χ0n) is 12.2. The Hall–Kier alpha value is -2.70. The number of furan rings is 1. The van der Waals surface area contributed by atoms with Gasteiger partial charge in [-0.25, -0.2) is 8.42 Å². The second kappa shape index (κ2) is 6.60. The fourth-order valence-corrected chi connectivity index (χ4v) is 3.61. The first kappa shape index (κ1) is 16.7. The van der Waals surface area contributed by atoms with Gasteiger partial charge in [0, 0.05) is 24.7 Å². The Morgan fingerprint density at radius 3 is 2.65 bits per heavy atom. The minimum absolute atomic E-state index is 0.0218. The van der Waals surface area contributed by atoms with E-state index in [4.69, 9.17) is 9.68 Å². The lowest BCUT2D eigenvalue weighted by molar-refractivity contribution is -0.387. The van der Waals surface area contributed by atoms with Gasteiger partial charge in [-0.3, -0.25) is 10.1 Å². The van der Waals surface area contributed by atoms with Crippen molar-refractivity contribution in [1.29, 1.82) is 5.26 Å². The molecule has 0 radical (unpaired) electrons. The van der Waals surface area contributed by atoms with Crippen molar-refractivity contribution < 1.29 is 17.8 Å². The monoisotopic (exact) mass is 335 g/mol. The van der Waals surface area contributed by atoms with Crippen molar-refractivity contribution in [1.82, 2.24) is 4.31 Å². The highest BCUT2D eigenvalue weighted by Gasteiger charge is 2.31. The topological polar surface area (TPSA) is 117 Å². The van der Waals surface area contributed by atoms with Gasteiger partial charge in [0.25, 0.3) is 5.69 Å². The molecule has 9 heteroatoms. The van der Waals surface area contributed by atoms with Gasteiger partial charge in [-0.2, -0.15) is 9.57 Å². The van der Waals surface area contributed by atoms with Crippen LogP contribution in [-0.4, -0.2) is 24.2 Å². The lowest BCUT2D eigenvalue weighted by Crippen LogP contribution is -2.30. The Balaban J connectivity index is 2.49. The summed E-state index contributed by atoms with van der Waals surface area (Å²) in [5, 5.41) is 20.0. The van der Waals surface area contributed by atoms with Crippen molar-refractivity contribution in [2.45, 2.75) is 18.4 Å². The average Bonchev–Trinajstić information content (AvgIpc) is 3.04. The van der Waals surface area contributed by atoms with E-state index in [1.54, 1.807) is 19.1 Å². The lowest BCUT2D eigenvalue weighted by Gasteiger charge is -2.19. The molecule has 0 amide bonds. The number of rotatable bonds is 6. The van der Waals surface area contributed by atoms with Crippen molar-refractivity contribution >= 4 is 15.7 Å². The van der Waals surface area contributed by atoms with Gasteiger partial charge in [0.1, 0.15) is 0 Å². The van der Waals surface area contributed by atoms with Gasteiger partial charge < -0.3 is 4.42 Å². The molecule has 0 N–H and O–H groups in total. The van der Waals surface area contributed by atoms with Crippen LogP contribution < -0.4 is 0 Å². The zero-order valence-corrected chi connectivity index (χ0v) is 13.0. The van der Waals surface area contributed by atoms with Crippen LogP contribution in [0.1, 0.15) is 18.1 Å². The summed E-state index contributed by atoms with van der Waals surface area (Å²) >= 11 is 0. The van der Waals surface area contributed by atoms with Gasteiger partial charge in [0.2, 0.25) is 10.0 Å². The Kier molecular flexibility index (Phi) is 4.78.